The molecule has 0 spiro atoms. The summed E-state index contributed by atoms with van der Waals surface area (Å²) >= 11 is 0. The Kier molecular flexibility index (Phi) is 4.52. The number of urea groups is 1. The minimum Gasteiger partial charge on any atom is -0.480 e. The van der Waals surface area contributed by atoms with Gasteiger partial charge in [0.25, 0.3) is 0 Å². The van der Waals surface area contributed by atoms with Gasteiger partial charge in [0.15, 0.2) is 0 Å². The van der Waals surface area contributed by atoms with E-state index in [0.29, 0.717) is 25.6 Å². The topological polar surface area (TPSA) is 70.1 Å². The summed E-state index contributed by atoms with van der Waals surface area (Å²) in [4.78, 5) is 27.2. The molecule has 0 aromatic rings. The van der Waals surface area contributed by atoms with Gasteiger partial charge in [-0.3, -0.25) is 0 Å². The Morgan fingerprint density at radius 2 is 1.80 bits per heavy atom. The Balaban J connectivity index is 2.05. The summed E-state index contributed by atoms with van der Waals surface area (Å²) in [5.74, 6) is -0.466. The third kappa shape index (κ3) is 2.75. The molecule has 6 nitrogen and oxygen atoms in total. The quantitative estimate of drug-likeness (QED) is 0.828. The van der Waals surface area contributed by atoms with Crippen LogP contribution in [-0.4, -0.2) is 65.8 Å². The molecule has 20 heavy (non-hydrogen) atoms. The van der Waals surface area contributed by atoms with E-state index >= 15 is 0 Å². The van der Waals surface area contributed by atoms with Crippen molar-refractivity contribution < 1.29 is 19.4 Å². The van der Waals surface area contributed by atoms with Crippen molar-refractivity contribution in [2.75, 3.05) is 26.7 Å². The SMILES string of the molecule is COC1CN(C(=O)N2CCC(C)C2C(=O)O)CCC1C. The predicted octanol–water partition coefficient (Wildman–Crippen LogP) is 1.26. The molecule has 0 radical (unpaired) electrons. The highest BCUT2D eigenvalue weighted by Crippen LogP contribution is 2.27. The lowest BCUT2D eigenvalue weighted by molar-refractivity contribution is -0.142. The first kappa shape index (κ1) is 15.1. The maximum absolute atomic E-state index is 12.6. The summed E-state index contributed by atoms with van der Waals surface area (Å²) in [5.41, 5.74) is 0. The minimum absolute atomic E-state index is 0.0124. The van der Waals surface area contributed by atoms with Gasteiger partial charge in [-0.15, -0.1) is 0 Å². The number of aliphatic carboxylic acids is 1. The normalized spacial score (nSPS) is 34.4. The van der Waals surface area contributed by atoms with Crippen molar-refractivity contribution in [3.8, 4) is 0 Å². The first-order chi connectivity index (χ1) is 9.45. The van der Waals surface area contributed by atoms with Crippen molar-refractivity contribution in [2.45, 2.75) is 38.8 Å². The van der Waals surface area contributed by atoms with Gasteiger partial charge in [-0.1, -0.05) is 13.8 Å². The molecular weight excluding hydrogens is 260 g/mol. The fourth-order valence-corrected chi connectivity index (χ4v) is 3.23. The molecule has 4 unspecified atom stereocenters. The fraction of sp³-hybridized carbons (Fsp3) is 0.857. The number of methoxy groups -OCH3 is 1. The largest absolute Gasteiger partial charge is 0.480 e. The van der Waals surface area contributed by atoms with Gasteiger partial charge >= 0.3 is 12.0 Å². The average molecular weight is 284 g/mol. The second kappa shape index (κ2) is 5.99. The molecule has 0 saturated carbocycles. The van der Waals surface area contributed by atoms with E-state index in [1.54, 1.807) is 12.0 Å². The molecule has 0 bridgehead atoms. The number of carboxylic acid groups (broad SMARTS) is 1. The molecule has 114 valence electrons. The van der Waals surface area contributed by atoms with E-state index in [-0.39, 0.29) is 18.1 Å². The third-order valence-electron chi connectivity index (χ3n) is 4.66. The second-order valence-corrected chi connectivity index (χ2v) is 6.01. The molecule has 2 saturated heterocycles. The molecule has 2 rings (SSSR count). The molecule has 2 aliphatic heterocycles. The molecule has 4 atom stereocenters. The molecule has 0 aromatic heterocycles. The Labute approximate surface area is 119 Å². The summed E-state index contributed by atoms with van der Waals surface area (Å²) in [7, 11) is 1.66. The van der Waals surface area contributed by atoms with Crippen LogP contribution in [0.5, 0.6) is 0 Å². The average Bonchev–Trinajstić information content (AvgIpc) is 2.80. The lowest BCUT2D eigenvalue weighted by Gasteiger charge is -2.39. The molecule has 2 fully saturated rings. The first-order valence-electron chi connectivity index (χ1n) is 7.26. The van der Waals surface area contributed by atoms with E-state index < -0.39 is 12.0 Å². The van der Waals surface area contributed by atoms with E-state index in [9.17, 15) is 14.7 Å². The maximum atomic E-state index is 12.6. The number of likely N-dealkylation sites (tertiary alicyclic amines) is 2. The van der Waals surface area contributed by atoms with Crippen molar-refractivity contribution >= 4 is 12.0 Å². The highest BCUT2D eigenvalue weighted by atomic mass is 16.5. The zero-order chi connectivity index (χ0) is 14.9. The smallest absolute Gasteiger partial charge is 0.326 e. The molecule has 2 heterocycles. The second-order valence-electron chi connectivity index (χ2n) is 6.01. The van der Waals surface area contributed by atoms with E-state index in [1.165, 1.54) is 4.90 Å². The van der Waals surface area contributed by atoms with E-state index in [0.717, 1.165) is 12.8 Å². The van der Waals surface area contributed by atoms with Crippen molar-refractivity contribution in [3.63, 3.8) is 0 Å². The molecule has 6 heteroatoms. The number of piperidine rings is 1. The number of carbonyl (C=O) groups excluding carboxylic acids is 1. The number of carboxylic acids is 1. The van der Waals surface area contributed by atoms with Crippen LogP contribution in [0.1, 0.15) is 26.7 Å². The van der Waals surface area contributed by atoms with Crippen LogP contribution in [0.4, 0.5) is 4.79 Å². The summed E-state index contributed by atoms with van der Waals surface area (Å²) in [6.45, 7) is 5.77. The Hall–Kier alpha value is -1.30. The van der Waals surface area contributed by atoms with Crippen LogP contribution in [0.2, 0.25) is 0 Å². The van der Waals surface area contributed by atoms with Crippen LogP contribution in [-0.2, 0) is 9.53 Å². The molecule has 0 aliphatic carbocycles. The standard InChI is InChI=1S/C14H24N2O4/c1-9-4-6-15(8-11(9)20-3)14(19)16-7-5-10(2)12(16)13(17)18/h9-12H,4-8H2,1-3H3,(H,17,18). The van der Waals surface area contributed by atoms with E-state index in [1.807, 2.05) is 6.92 Å². The monoisotopic (exact) mass is 284 g/mol. The highest BCUT2D eigenvalue weighted by Gasteiger charge is 2.42. The summed E-state index contributed by atoms with van der Waals surface area (Å²) in [6.07, 6.45) is 1.68. The highest BCUT2D eigenvalue weighted by molar-refractivity contribution is 5.83. The van der Waals surface area contributed by atoms with Crippen molar-refractivity contribution in [2.24, 2.45) is 11.8 Å². The summed E-state index contributed by atoms with van der Waals surface area (Å²) in [6, 6.07) is -0.849. The fourth-order valence-electron chi connectivity index (χ4n) is 3.23. The van der Waals surface area contributed by atoms with Gasteiger partial charge in [-0.2, -0.15) is 0 Å². The summed E-state index contributed by atoms with van der Waals surface area (Å²) in [5, 5.41) is 9.30. The number of ether oxygens (including phenoxy) is 1. The predicted molar refractivity (Wildman–Crippen MR) is 73.5 cm³/mol. The van der Waals surface area contributed by atoms with Gasteiger partial charge < -0.3 is 19.6 Å². The minimum atomic E-state index is -0.906. The van der Waals surface area contributed by atoms with Crippen molar-refractivity contribution in [1.29, 1.82) is 0 Å². The van der Waals surface area contributed by atoms with Crippen molar-refractivity contribution in [3.05, 3.63) is 0 Å². The third-order valence-corrected chi connectivity index (χ3v) is 4.66. The van der Waals surface area contributed by atoms with Crippen LogP contribution < -0.4 is 0 Å². The molecular formula is C14H24N2O4. The number of nitrogens with zero attached hydrogens (tertiary/aromatic N) is 2. The lowest BCUT2D eigenvalue weighted by Crippen LogP contribution is -2.54. The van der Waals surface area contributed by atoms with Gasteiger partial charge in [0.05, 0.1) is 6.10 Å². The lowest BCUT2D eigenvalue weighted by atomic mass is 9.96. The van der Waals surface area contributed by atoms with E-state index in [4.69, 9.17) is 4.74 Å². The Bertz CT molecular complexity index is 387. The number of carbonyl (C=O) groups is 2. The van der Waals surface area contributed by atoms with Crippen molar-refractivity contribution in [1.82, 2.24) is 9.80 Å². The zero-order valence-corrected chi connectivity index (χ0v) is 12.4. The number of amides is 2. The van der Waals surface area contributed by atoms with Crippen LogP contribution in [0.3, 0.4) is 0 Å². The van der Waals surface area contributed by atoms with Crippen LogP contribution in [0.15, 0.2) is 0 Å². The number of hydrogen-bond acceptors (Lipinski definition) is 3. The first-order valence-corrected chi connectivity index (χ1v) is 7.26. The molecule has 1 N–H and O–H groups in total. The summed E-state index contributed by atoms with van der Waals surface area (Å²) < 4.78 is 5.41. The van der Waals surface area contributed by atoms with Crippen LogP contribution in [0.25, 0.3) is 0 Å². The molecule has 2 aliphatic rings. The van der Waals surface area contributed by atoms with Gasteiger partial charge in [-0.05, 0) is 24.7 Å². The van der Waals surface area contributed by atoms with Gasteiger partial charge in [0, 0.05) is 26.7 Å². The zero-order valence-electron chi connectivity index (χ0n) is 12.4. The van der Waals surface area contributed by atoms with Gasteiger partial charge in [0.1, 0.15) is 6.04 Å². The maximum Gasteiger partial charge on any atom is 0.326 e. The van der Waals surface area contributed by atoms with Gasteiger partial charge in [-0.25, -0.2) is 9.59 Å². The molecule has 0 aromatic carbocycles. The van der Waals surface area contributed by atoms with Crippen LogP contribution in [0, 0.1) is 11.8 Å². The Morgan fingerprint density at radius 1 is 1.15 bits per heavy atom. The Morgan fingerprint density at radius 3 is 2.40 bits per heavy atom. The van der Waals surface area contributed by atoms with Crippen LogP contribution >= 0.6 is 0 Å². The molecule has 2 amide bonds. The van der Waals surface area contributed by atoms with Gasteiger partial charge in [0.2, 0.25) is 0 Å². The number of hydrogen-bond donors (Lipinski definition) is 1. The number of rotatable bonds is 2. The van der Waals surface area contributed by atoms with E-state index in [2.05, 4.69) is 6.92 Å².